The lowest BCUT2D eigenvalue weighted by Gasteiger charge is -2.07. The van der Waals surface area contributed by atoms with E-state index in [1.165, 1.54) is 0 Å². The summed E-state index contributed by atoms with van der Waals surface area (Å²) >= 11 is 0. The number of rotatable bonds is 3. The van der Waals surface area contributed by atoms with Gasteiger partial charge in [-0.3, -0.25) is 4.79 Å². The highest BCUT2D eigenvalue weighted by molar-refractivity contribution is 5.81. The Hall–Kier alpha value is -1.46. The summed E-state index contributed by atoms with van der Waals surface area (Å²) in [7, 11) is 0. The van der Waals surface area contributed by atoms with Gasteiger partial charge >= 0.3 is 6.18 Å². The number of carbonyl (C=O) groups is 1. The molecule has 16 heavy (non-hydrogen) atoms. The summed E-state index contributed by atoms with van der Waals surface area (Å²) in [5.74, 6) is -0.508. The van der Waals surface area contributed by atoms with Gasteiger partial charge in [-0.15, -0.1) is 0 Å². The molecule has 0 amide bonds. The average Bonchev–Trinajstić information content (AvgIpc) is 2.16. The lowest BCUT2D eigenvalue weighted by atomic mass is 10.1. The second-order valence-electron chi connectivity index (χ2n) is 3.65. The molecule has 0 N–H and O–H groups in total. The maximum Gasteiger partial charge on any atom is 0.433 e. The SMILES string of the molecule is CC(C)C(=O)Cc1nccc(C(F)(F)F)n1. The molecule has 3 nitrogen and oxygen atoms in total. The number of aromatic nitrogens is 2. The predicted octanol–water partition coefficient (Wildman–Crippen LogP) is 2.26. The van der Waals surface area contributed by atoms with E-state index < -0.39 is 11.9 Å². The minimum atomic E-state index is -4.50. The van der Waals surface area contributed by atoms with E-state index in [1.807, 2.05) is 0 Å². The number of carbonyl (C=O) groups excluding carboxylic acids is 1. The molecule has 1 heterocycles. The molecule has 0 bridgehead atoms. The number of ketones is 1. The Morgan fingerprint density at radius 3 is 2.56 bits per heavy atom. The second kappa shape index (κ2) is 4.59. The van der Waals surface area contributed by atoms with Gasteiger partial charge in [-0.2, -0.15) is 13.2 Å². The van der Waals surface area contributed by atoms with Crippen LogP contribution in [0.4, 0.5) is 13.2 Å². The van der Waals surface area contributed by atoms with Crippen LogP contribution < -0.4 is 0 Å². The number of hydrogen-bond acceptors (Lipinski definition) is 3. The molecule has 1 aromatic rings. The maximum absolute atomic E-state index is 12.3. The highest BCUT2D eigenvalue weighted by atomic mass is 19.4. The zero-order valence-corrected chi connectivity index (χ0v) is 8.88. The fourth-order valence-corrected chi connectivity index (χ4v) is 1.00. The van der Waals surface area contributed by atoms with Gasteiger partial charge in [0.1, 0.15) is 17.3 Å². The molecule has 0 saturated heterocycles. The summed E-state index contributed by atoms with van der Waals surface area (Å²) in [5.41, 5.74) is -1.02. The highest BCUT2D eigenvalue weighted by Crippen LogP contribution is 2.26. The highest BCUT2D eigenvalue weighted by Gasteiger charge is 2.32. The average molecular weight is 232 g/mol. The second-order valence-corrected chi connectivity index (χ2v) is 3.65. The first-order chi connectivity index (χ1) is 7.30. The standard InChI is InChI=1S/C10H11F3N2O/c1-6(2)7(16)5-9-14-4-3-8(15-9)10(11,12)13/h3-4,6H,5H2,1-2H3. The third-order valence-corrected chi connectivity index (χ3v) is 1.97. The Bertz CT molecular complexity index is 388. The van der Waals surface area contributed by atoms with Gasteiger partial charge in [0.25, 0.3) is 0 Å². The minimum Gasteiger partial charge on any atom is -0.299 e. The van der Waals surface area contributed by atoms with Crippen molar-refractivity contribution in [2.24, 2.45) is 5.92 Å². The van der Waals surface area contributed by atoms with Crippen molar-refractivity contribution in [1.29, 1.82) is 0 Å². The minimum absolute atomic E-state index is 0.0893. The van der Waals surface area contributed by atoms with E-state index in [0.717, 1.165) is 12.3 Å². The molecule has 0 radical (unpaired) electrons. The molecule has 88 valence electrons. The maximum atomic E-state index is 12.3. The number of nitrogens with zero attached hydrogens (tertiary/aromatic N) is 2. The summed E-state index contributed by atoms with van der Waals surface area (Å²) < 4.78 is 36.9. The molecule has 0 atom stereocenters. The van der Waals surface area contributed by atoms with Crippen LogP contribution in [0.3, 0.4) is 0 Å². The Balaban J connectivity index is 2.88. The van der Waals surface area contributed by atoms with Crippen LogP contribution in [-0.2, 0) is 17.4 Å². The lowest BCUT2D eigenvalue weighted by molar-refractivity contribution is -0.141. The summed E-state index contributed by atoms with van der Waals surface area (Å²) in [4.78, 5) is 18.3. The van der Waals surface area contributed by atoms with Crippen molar-refractivity contribution in [1.82, 2.24) is 9.97 Å². The fourth-order valence-electron chi connectivity index (χ4n) is 1.00. The normalized spacial score (nSPS) is 11.9. The Morgan fingerprint density at radius 1 is 1.44 bits per heavy atom. The number of hydrogen-bond donors (Lipinski definition) is 0. The molecule has 6 heteroatoms. The monoisotopic (exact) mass is 232 g/mol. The van der Waals surface area contributed by atoms with E-state index in [2.05, 4.69) is 9.97 Å². The molecule has 0 spiro atoms. The van der Waals surface area contributed by atoms with Gasteiger partial charge in [0, 0.05) is 12.1 Å². The van der Waals surface area contributed by atoms with Crippen LogP contribution in [0.25, 0.3) is 0 Å². The molecule has 0 fully saturated rings. The molecule has 0 aromatic carbocycles. The molecule has 0 unspecified atom stereocenters. The van der Waals surface area contributed by atoms with Crippen molar-refractivity contribution in [2.45, 2.75) is 26.4 Å². The predicted molar refractivity (Wildman–Crippen MR) is 50.6 cm³/mol. The zero-order chi connectivity index (χ0) is 12.3. The van der Waals surface area contributed by atoms with Crippen molar-refractivity contribution in [2.75, 3.05) is 0 Å². The van der Waals surface area contributed by atoms with Gasteiger partial charge < -0.3 is 0 Å². The number of halogens is 3. The van der Waals surface area contributed by atoms with E-state index in [4.69, 9.17) is 0 Å². The van der Waals surface area contributed by atoms with Gasteiger partial charge in [-0.1, -0.05) is 13.8 Å². The third-order valence-electron chi connectivity index (χ3n) is 1.97. The first-order valence-electron chi connectivity index (χ1n) is 4.72. The van der Waals surface area contributed by atoms with Crippen molar-refractivity contribution < 1.29 is 18.0 Å². The van der Waals surface area contributed by atoms with Crippen LogP contribution in [-0.4, -0.2) is 15.8 Å². The Labute approximate surface area is 90.7 Å². The third kappa shape index (κ3) is 3.29. The van der Waals surface area contributed by atoms with Crippen LogP contribution in [0.5, 0.6) is 0 Å². The van der Waals surface area contributed by atoms with E-state index in [0.29, 0.717) is 0 Å². The molecular weight excluding hydrogens is 221 g/mol. The van der Waals surface area contributed by atoms with Crippen molar-refractivity contribution in [3.8, 4) is 0 Å². The van der Waals surface area contributed by atoms with E-state index in [1.54, 1.807) is 13.8 Å². The van der Waals surface area contributed by atoms with Gasteiger partial charge in [0.15, 0.2) is 0 Å². The number of alkyl halides is 3. The molecule has 0 aliphatic rings. The van der Waals surface area contributed by atoms with Crippen LogP contribution in [0.15, 0.2) is 12.3 Å². The van der Waals surface area contributed by atoms with Gasteiger partial charge in [-0.25, -0.2) is 9.97 Å². The largest absolute Gasteiger partial charge is 0.433 e. The molecule has 1 rings (SSSR count). The van der Waals surface area contributed by atoms with Gasteiger partial charge in [0.2, 0.25) is 0 Å². The summed E-state index contributed by atoms with van der Waals surface area (Å²) in [6, 6.07) is 0.781. The van der Waals surface area contributed by atoms with E-state index >= 15 is 0 Å². The van der Waals surface area contributed by atoms with Crippen molar-refractivity contribution in [3.05, 3.63) is 23.8 Å². The van der Waals surface area contributed by atoms with E-state index in [-0.39, 0.29) is 23.9 Å². The Kier molecular flexibility index (Phi) is 3.62. The lowest BCUT2D eigenvalue weighted by Crippen LogP contribution is -2.15. The molecular formula is C10H11F3N2O. The van der Waals surface area contributed by atoms with Gasteiger partial charge in [-0.05, 0) is 6.07 Å². The number of Topliss-reactive ketones (excluding diaryl/α,β-unsaturated/α-hetero) is 1. The molecule has 0 aliphatic carbocycles. The Morgan fingerprint density at radius 2 is 2.06 bits per heavy atom. The topological polar surface area (TPSA) is 42.9 Å². The zero-order valence-electron chi connectivity index (χ0n) is 8.88. The van der Waals surface area contributed by atoms with Crippen LogP contribution >= 0.6 is 0 Å². The molecule has 0 aliphatic heterocycles. The molecule has 0 saturated carbocycles. The van der Waals surface area contributed by atoms with Gasteiger partial charge in [0.05, 0.1) is 6.42 Å². The van der Waals surface area contributed by atoms with Crippen LogP contribution in [0.2, 0.25) is 0 Å². The van der Waals surface area contributed by atoms with Crippen LogP contribution in [0.1, 0.15) is 25.4 Å². The first kappa shape index (κ1) is 12.6. The summed E-state index contributed by atoms with van der Waals surface area (Å²) in [6.45, 7) is 3.35. The summed E-state index contributed by atoms with van der Waals surface area (Å²) in [6.07, 6.45) is -3.65. The summed E-state index contributed by atoms with van der Waals surface area (Å²) in [5, 5.41) is 0. The smallest absolute Gasteiger partial charge is 0.299 e. The van der Waals surface area contributed by atoms with Crippen LogP contribution in [0, 0.1) is 5.92 Å². The molecule has 1 aromatic heterocycles. The quantitative estimate of drug-likeness (QED) is 0.802. The van der Waals surface area contributed by atoms with Crippen molar-refractivity contribution in [3.63, 3.8) is 0 Å². The first-order valence-corrected chi connectivity index (χ1v) is 4.72. The van der Waals surface area contributed by atoms with E-state index in [9.17, 15) is 18.0 Å². The van der Waals surface area contributed by atoms with Crippen molar-refractivity contribution >= 4 is 5.78 Å². The fraction of sp³-hybridized carbons (Fsp3) is 0.500.